The number of benzene rings is 2. The number of aromatic nitrogens is 2. The molecule has 4 atom stereocenters. The van der Waals surface area contributed by atoms with Crippen LogP contribution in [0.2, 0.25) is 0 Å². The molecular weight excluding hydrogens is 644 g/mol. The molecule has 0 bridgehead atoms. The molecule has 47 heavy (non-hydrogen) atoms. The number of halogens is 6. The average Bonchev–Trinajstić information content (AvgIpc) is 3.66. The molecule has 3 fully saturated rings. The molecule has 3 N–H and O–H groups in total. The number of ether oxygens (including phenoxy) is 1. The number of hydrogen-bond acceptors (Lipinski definition) is 8. The van der Waals surface area contributed by atoms with Crippen molar-refractivity contribution < 1.29 is 31.1 Å². The lowest BCUT2D eigenvalue weighted by Crippen LogP contribution is -2.54. The quantitative estimate of drug-likeness (QED) is 0.173. The first-order valence-corrected chi connectivity index (χ1v) is 16.1. The Morgan fingerprint density at radius 2 is 2.00 bits per heavy atom. The van der Waals surface area contributed by atoms with Gasteiger partial charge in [0.15, 0.2) is 5.82 Å². The zero-order valence-electron chi connectivity index (χ0n) is 25.5. The molecule has 7 rings (SSSR count). The number of rotatable bonds is 5. The first-order chi connectivity index (χ1) is 22.3. The van der Waals surface area contributed by atoms with E-state index in [0.29, 0.717) is 37.4 Å². The van der Waals surface area contributed by atoms with Crippen molar-refractivity contribution >= 4 is 48.8 Å². The highest BCUT2D eigenvalue weighted by atomic mass is 32.1. The largest absolute Gasteiger partial charge is 0.461 e. The third kappa shape index (κ3) is 5.21. The number of fused-ring (bicyclic) bond motifs is 3. The Bertz CT molecular complexity index is 1940. The van der Waals surface area contributed by atoms with Crippen LogP contribution in [0, 0.1) is 18.2 Å². The molecule has 248 valence electrons. The van der Waals surface area contributed by atoms with E-state index in [4.69, 9.17) is 17.0 Å². The number of anilines is 2. The fraction of sp³-hybridized carbons (Fsp3) is 0.469. The van der Waals surface area contributed by atoms with Gasteiger partial charge in [0.25, 0.3) is 0 Å². The molecular formula is C32H31F6N7OS. The SMILES string of the molecule is [C-]#[N+]c1c(N)sc2c(F)ccc(-c3c(C(F)(F)F)cc4c(N5C[C@@H](C)NC[C@@H]5C)nc(OC[C@@]56CCCN5C[C@H](F)C6)nc4c3F)c12. The third-order valence-electron chi connectivity index (χ3n) is 9.64. The minimum atomic E-state index is -5.06. The Labute approximate surface area is 270 Å². The number of nitrogens with two attached hydrogens (primary N) is 1. The first kappa shape index (κ1) is 31.7. The molecule has 0 radical (unpaired) electrons. The van der Waals surface area contributed by atoms with E-state index in [0.717, 1.165) is 24.6 Å². The molecule has 0 saturated carbocycles. The number of hydrogen-bond donors (Lipinski definition) is 2. The standard InChI is InChI=1S/C32H31F6N7OS/c1-15-12-45(16(2)11-41-15)29-19-9-20(32(36,37)38)22(18-5-6-21(34)27-23(18)26(40-3)28(39)47-27)24(35)25(19)42-30(43-29)46-14-31-7-4-8-44(31)13-17(33)10-31/h5-6,9,15-17,41H,4,7-8,10-14,39H2,1-2H3/t15-,16+,17-,31+/m1/s1. The van der Waals surface area contributed by atoms with Crippen LogP contribution in [0.3, 0.4) is 0 Å². The average molecular weight is 676 g/mol. The summed E-state index contributed by atoms with van der Waals surface area (Å²) in [5, 5.41) is 2.85. The lowest BCUT2D eigenvalue weighted by atomic mass is 9.93. The highest BCUT2D eigenvalue weighted by Gasteiger charge is 2.49. The monoisotopic (exact) mass is 675 g/mol. The molecule has 0 unspecified atom stereocenters. The maximum absolute atomic E-state index is 17.0. The molecule has 0 aliphatic carbocycles. The summed E-state index contributed by atoms with van der Waals surface area (Å²) < 4.78 is 97.0. The number of nitrogen functional groups attached to an aromatic ring is 1. The van der Waals surface area contributed by atoms with E-state index in [1.54, 1.807) is 4.90 Å². The Kier molecular flexibility index (Phi) is 7.68. The lowest BCUT2D eigenvalue weighted by Gasteiger charge is -2.39. The van der Waals surface area contributed by atoms with Gasteiger partial charge in [-0.05, 0) is 50.9 Å². The van der Waals surface area contributed by atoms with Crippen LogP contribution in [0.5, 0.6) is 6.01 Å². The van der Waals surface area contributed by atoms with E-state index in [1.165, 1.54) is 0 Å². The van der Waals surface area contributed by atoms with Crippen molar-refractivity contribution in [1.29, 1.82) is 0 Å². The lowest BCUT2D eigenvalue weighted by molar-refractivity contribution is -0.137. The van der Waals surface area contributed by atoms with Crippen molar-refractivity contribution in [1.82, 2.24) is 20.2 Å². The molecule has 0 spiro atoms. The fourth-order valence-electron chi connectivity index (χ4n) is 7.42. The molecule has 3 aliphatic rings. The topological polar surface area (TPSA) is 83.9 Å². The van der Waals surface area contributed by atoms with E-state index in [2.05, 4.69) is 20.1 Å². The first-order valence-electron chi connectivity index (χ1n) is 15.3. The van der Waals surface area contributed by atoms with E-state index in [-0.39, 0.29) is 75.2 Å². The highest BCUT2D eigenvalue weighted by Crippen LogP contribution is 2.51. The maximum Gasteiger partial charge on any atom is 0.417 e. The Balaban J connectivity index is 1.47. The van der Waals surface area contributed by atoms with Gasteiger partial charge in [-0.15, -0.1) is 11.3 Å². The van der Waals surface area contributed by atoms with Gasteiger partial charge in [-0.25, -0.2) is 18.0 Å². The van der Waals surface area contributed by atoms with Crippen molar-refractivity contribution in [3.63, 3.8) is 0 Å². The Hall–Kier alpha value is -3.87. The molecule has 8 nitrogen and oxygen atoms in total. The molecule has 5 heterocycles. The Morgan fingerprint density at radius 3 is 2.74 bits per heavy atom. The fourth-order valence-corrected chi connectivity index (χ4v) is 8.36. The molecule has 3 saturated heterocycles. The Morgan fingerprint density at radius 1 is 1.21 bits per heavy atom. The van der Waals surface area contributed by atoms with E-state index in [1.807, 2.05) is 18.7 Å². The number of thiophene rings is 1. The van der Waals surface area contributed by atoms with Crippen LogP contribution in [0.4, 0.5) is 42.8 Å². The van der Waals surface area contributed by atoms with Gasteiger partial charge in [0, 0.05) is 54.5 Å². The predicted octanol–water partition coefficient (Wildman–Crippen LogP) is 7.08. The van der Waals surface area contributed by atoms with Gasteiger partial charge in [0.05, 0.1) is 27.4 Å². The van der Waals surface area contributed by atoms with Gasteiger partial charge < -0.3 is 20.7 Å². The minimum absolute atomic E-state index is 0.0299. The normalized spacial score (nSPS) is 25.1. The number of piperazine rings is 1. The summed E-state index contributed by atoms with van der Waals surface area (Å²) in [6, 6.07) is 2.25. The predicted molar refractivity (Wildman–Crippen MR) is 169 cm³/mol. The van der Waals surface area contributed by atoms with Crippen molar-refractivity contribution in [2.75, 3.05) is 43.4 Å². The molecule has 2 aromatic carbocycles. The summed E-state index contributed by atoms with van der Waals surface area (Å²) in [6.07, 6.45) is -4.26. The van der Waals surface area contributed by atoms with Crippen LogP contribution >= 0.6 is 11.3 Å². The van der Waals surface area contributed by atoms with E-state index in [9.17, 15) is 22.0 Å². The van der Waals surface area contributed by atoms with Crippen molar-refractivity contribution in [2.24, 2.45) is 0 Å². The summed E-state index contributed by atoms with van der Waals surface area (Å²) >= 11 is 0.708. The smallest absolute Gasteiger partial charge is 0.417 e. The molecule has 2 aromatic heterocycles. The van der Waals surface area contributed by atoms with Gasteiger partial charge in [0.1, 0.15) is 29.9 Å². The summed E-state index contributed by atoms with van der Waals surface area (Å²) in [5.74, 6) is -2.05. The molecule has 15 heteroatoms. The van der Waals surface area contributed by atoms with Crippen molar-refractivity contribution in [3.05, 3.63) is 46.8 Å². The van der Waals surface area contributed by atoms with Crippen molar-refractivity contribution in [2.45, 2.75) is 63.1 Å². The highest BCUT2D eigenvalue weighted by molar-refractivity contribution is 7.23. The van der Waals surface area contributed by atoms with Crippen LogP contribution in [0.15, 0.2) is 18.2 Å². The van der Waals surface area contributed by atoms with Crippen LogP contribution in [0.1, 0.15) is 38.7 Å². The van der Waals surface area contributed by atoms with E-state index >= 15 is 4.39 Å². The minimum Gasteiger partial charge on any atom is -0.461 e. The second-order valence-electron chi connectivity index (χ2n) is 12.7. The van der Waals surface area contributed by atoms with Gasteiger partial charge in [-0.2, -0.15) is 23.1 Å². The van der Waals surface area contributed by atoms with Gasteiger partial charge in [-0.1, -0.05) is 6.07 Å². The number of alkyl halides is 4. The maximum atomic E-state index is 17.0. The molecule has 3 aliphatic heterocycles. The second-order valence-corrected chi connectivity index (χ2v) is 13.8. The molecule has 0 amide bonds. The molecule has 4 aromatic rings. The number of nitrogens with one attached hydrogen (secondary N) is 1. The zero-order chi connectivity index (χ0) is 33.4. The second kappa shape index (κ2) is 11.4. The van der Waals surface area contributed by atoms with Crippen LogP contribution in [-0.4, -0.2) is 71.4 Å². The van der Waals surface area contributed by atoms with Gasteiger partial charge >= 0.3 is 12.2 Å². The van der Waals surface area contributed by atoms with Gasteiger partial charge in [-0.3, -0.25) is 4.90 Å². The number of nitrogens with zero attached hydrogens (tertiary/aromatic N) is 5. The van der Waals surface area contributed by atoms with Crippen LogP contribution in [0.25, 0.3) is 37.0 Å². The summed E-state index contributed by atoms with van der Waals surface area (Å²) in [5.41, 5.74) is 2.15. The van der Waals surface area contributed by atoms with Crippen LogP contribution in [-0.2, 0) is 6.18 Å². The third-order valence-corrected chi connectivity index (χ3v) is 10.7. The summed E-state index contributed by atoms with van der Waals surface area (Å²) in [6.45, 7) is 13.3. The zero-order valence-corrected chi connectivity index (χ0v) is 26.3. The van der Waals surface area contributed by atoms with Crippen molar-refractivity contribution in [3.8, 4) is 17.1 Å². The summed E-state index contributed by atoms with van der Waals surface area (Å²) in [7, 11) is 0. The van der Waals surface area contributed by atoms with Crippen LogP contribution < -0.4 is 20.7 Å². The van der Waals surface area contributed by atoms with Gasteiger partial charge in [0.2, 0.25) is 5.69 Å². The summed E-state index contributed by atoms with van der Waals surface area (Å²) in [4.78, 5) is 16.1. The van der Waals surface area contributed by atoms with E-state index < -0.39 is 46.2 Å².